The van der Waals surface area contributed by atoms with E-state index in [0.717, 1.165) is 45.5 Å². The number of amides is 5. The van der Waals surface area contributed by atoms with Crippen LogP contribution in [0.25, 0.3) is 10.4 Å². The number of thiazole rings is 1. The molecular formula is C60H82F3N11O12S. The molecule has 476 valence electrons. The summed E-state index contributed by atoms with van der Waals surface area (Å²) in [6.07, 6.45) is 4.87. The normalized spacial score (nSPS) is 18.8. The van der Waals surface area contributed by atoms with Gasteiger partial charge in [0, 0.05) is 64.3 Å². The van der Waals surface area contributed by atoms with Crippen LogP contribution in [0.4, 0.5) is 36.3 Å². The number of hydrogen-bond acceptors (Lipinski definition) is 19. The van der Waals surface area contributed by atoms with Crippen molar-refractivity contribution in [3.8, 4) is 16.2 Å². The molecule has 2 unspecified atom stereocenters. The predicted octanol–water partition coefficient (Wildman–Crippen LogP) is 5.25. The van der Waals surface area contributed by atoms with Crippen LogP contribution < -0.4 is 35.8 Å². The van der Waals surface area contributed by atoms with Crippen molar-refractivity contribution in [2.24, 2.45) is 5.41 Å². The van der Waals surface area contributed by atoms with Gasteiger partial charge in [0.25, 0.3) is 11.8 Å². The third-order valence-electron chi connectivity index (χ3n) is 15.8. The highest BCUT2D eigenvalue weighted by Crippen LogP contribution is 2.41. The summed E-state index contributed by atoms with van der Waals surface area (Å²) in [5, 5.41) is 22.1. The van der Waals surface area contributed by atoms with Gasteiger partial charge in [-0.15, -0.1) is 11.3 Å². The molecule has 0 bridgehead atoms. The zero-order valence-electron chi connectivity index (χ0n) is 50.4. The first-order chi connectivity index (χ1) is 41.7. The third-order valence-corrected chi connectivity index (χ3v) is 16.8. The van der Waals surface area contributed by atoms with Crippen LogP contribution in [-0.2, 0) is 49.4 Å². The maximum absolute atomic E-state index is 15.7. The van der Waals surface area contributed by atoms with Crippen LogP contribution in [0.15, 0.2) is 48.1 Å². The van der Waals surface area contributed by atoms with E-state index in [1.165, 1.54) is 36.2 Å². The second kappa shape index (κ2) is 31.0. The van der Waals surface area contributed by atoms with Gasteiger partial charge in [0.05, 0.1) is 113 Å². The van der Waals surface area contributed by atoms with E-state index in [1.807, 2.05) is 52.0 Å². The first-order valence-corrected chi connectivity index (χ1v) is 30.5. The van der Waals surface area contributed by atoms with Gasteiger partial charge in [0.15, 0.2) is 5.82 Å². The van der Waals surface area contributed by atoms with Crippen LogP contribution in [0, 0.1) is 18.2 Å². The van der Waals surface area contributed by atoms with Crippen molar-refractivity contribution in [2.75, 3.05) is 128 Å². The molecule has 3 aliphatic heterocycles. The van der Waals surface area contributed by atoms with E-state index in [4.69, 9.17) is 28.4 Å². The van der Waals surface area contributed by atoms with E-state index in [1.54, 1.807) is 16.8 Å². The lowest BCUT2D eigenvalue weighted by Crippen LogP contribution is -2.58. The highest BCUT2D eigenvalue weighted by atomic mass is 32.1. The molecule has 4 aliphatic rings. The molecule has 5 N–H and O–H groups in total. The van der Waals surface area contributed by atoms with E-state index >= 15 is 13.2 Å². The molecule has 23 nitrogen and oxygen atoms in total. The maximum atomic E-state index is 15.7. The van der Waals surface area contributed by atoms with Crippen LogP contribution in [0.3, 0.4) is 0 Å². The van der Waals surface area contributed by atoms with Crippen molar-refractivity contribution in [1.82, 2.24) is 40.7 Å². The number of carbonyl (C=O) groups is 5. The molecular weight excluding hydrogens is 1160 g/mol. The van der Waals surface area contributed by atoms with Crippen molar-refractivity contribution in [2.45, 2.75) is 115 Å². The van der Waals surface area contributed by atoms with E-state index in [0.29, 0.717) is 91.6 Å². The lowest BCUT2D eigenvalue weighted by Gasteiger charge is -2.35. The molecule has 2 aromatic carbocycles. The highest BCUT2D eigenvalue weighted by molar-refractivity contribution is 7.13. The molecule has 27 heteroatoms. The number of aromatic nitrogens is 3. The molecule has 4 aromatic rings. The van der Waals surface area contributed by atoms with Crippen LogP contribution in [0.2, 0.25) is 0 Å². The molecule has 2 saturated heterocycles. The van der Waals surface area contributed by atoms with Gasteiger partial charge in [0.1, 0.15) is 35.9 Å². The summed E-state index contributed by atoms with van der Waals surface area (Å²) in [6.45, 7) is 11.6. The summed E-state index contributed by atoms with van der Waals surface area (Å²) in [5.74, 6) is -7.48. The Kier molecular flexibility index (Phi) is 23.7. The number of carbonyl (C=O) groups excluding carboxylic acids is 5. The molecule has 3 fully saturated rings. The number of likely N-dealkylation sites (tertiary alicyclic amines) is 2. The van der Waals surface area contributed by atoms with Gasteiger partial charge in [-0.1, -0.05) is 57.9 Å². The number of piperidine rings is 1. The zero-order chi connectivity index (χ0) is 62.3. The largest absolute Gasteiger partial charge is 0.495 e. The molecule has 0 spiro atoms. The van der Waals surface area contributed by atoms with Gasteiger partial charge in [-0.3, -0.25) is 24.0 Å². The second-order valence-corrected chi connectivity index (χ2v) is 24.1. The summed E-state index contributed by atoms with van der Waals surface area (Å²) < 4.78 is 79.4. The predicted molar refractivity (Wildman–Crippen MR) is 319 cm³/mol. The van der Waals surface area contributed by atoms with Gasteiger partial charge in [-0.05, 0) is 55.2 Å². The van der Waals surface area contributed by atoms with Gasteiger partial charge in [-0.25, -0.2) is 14.4 Å². The Hall–Kier alpha value is -6.59. The van der Waals surface area contributed by atoms with Crippen LogP contribution >= 0.6 is 11.3 Å². The molecule has 1 aliphatic carbocycles. The van der Waals surface area contributed by atoms with Gasteiger partial charge in [-0.2, -0.15) is 13.8 Å². The van der Waals surface area contributed by atoms with Crippen LogP contribution in [0.1, 0.15) is 87.3 Å². The number of anilines is 4. The quantitative estimate of drug-likeness (QED) is 0.0435. The van der Waals surface area contributed by atoms with Crippen LogP contribution in [0.5, 0.6) is 5.75 Å². The lowest BCUT2D eigenvalue weighted by molar-refractivity contribution is -0.144. The Bertz CT molecular complexity index is 2960. The number of aryl methyl sites for hydroxylation is 1. The summed E-state index contributed by atoms with van der Waals surface area (Å²) >= 11 is 1.56. The Morgan fingerprint density at radius 3 is 2.15 bits per heavy atom. The number of halogens is 3. The van der Waals surface area contributed by atoms with Gasteiger partial charge in [0.2, 0.25) is 23.7 Å². The minimum Gasteiger partial charge on any atom is -0.495 e. The zero-order valence-corrected chi connectivity index (χ0v) is 51.2. The molecule has 0 radical (unpaired) electrons. The highest BCUT2D eigenvalue weighted by Gasteiger charge is 2.49. The summed E-state index contributed by atoms with van der Waals surface area (Å²) in [4.78, 5) is 86.6. The Morgan fingerprint density at radius 2 is 1.53 bits per heavy atom. The number of methoxy groups -OCH3 is 1. The fraction of sp³-hybridized carbons (Fsp3) is 0.600. The van der Waals surface area contributed by atoms with Crippen molar-refractivity contribution in [1.29, 1.82) is 0 Å². The standard InChI is InChI=1S/C60H82F3N11O12S/c1-38-51(87-37-66-38)40-13-11-39(12-14-40)32-64-55(78)47-29-43(75)34-73(47)56(79)52(59(2,3)4)69-50(76)35-86-28-27-85-26-25-84-24-23-83-22-21-82-20-19-72-17-15-41(16-18-72)67-54(77)44-30-49(81-6)46(31-45(44)61)68-58-65-33-48-53(70-58)74(42-9-7-8-10-42)36-60(62,63)57(80)71(48)5/h11-14,30-31,33,37,41-43,47,52,75H,7-10,15-29,32,34-36H2,1-6H3,(H,64,78)(H,67,77)(H,69,76)(H,65,68,70)/t43?,47?,52-/m1/s1. The number of nitrogens with zero attached hydrogens (tertiary/aromatic N) is 7. The Balaban J connectivity index is 0.638. The first-order valence-electron chi connectivity index (χ1n) is 29.6. The van der Waals surface area contributed by atoms with E-state index in [2.05, 4.69) is 41.1 Å². The number of alkyl halides is 2. The van der Waals surface area contributed by atoms with Gasteiger partial charge < -0.3 is 74.4 Å². The molecule has 87 heavy (non-hydrogen) atoms. The molecule has 5 amide bonds. The number of fused-ring (bicyclic) bond motifs is 1. The number of ether oxygens (including phenoxy) is 6. The van der Waals surface area contributed by atoms with Crippen LogP contribution in [-0.4, -0.2) is 209 Å². The number of aliphatic hydroxyl groups is 1. The number of hydrogen-bond donors (Lipinski definition) is 5. The molecule has 8 rings (SSSR count). The van der Waals surface area contributed by atoms with E-state index in [9.17, 15) is 29.1 Å². The number of rotatable bonds is 29. The number of aliphatic hydroxyl groups excluding tert-OH is 1. The first kappa shape index (κ1) is 66.4. The average molecular weight is 1240 g/mol. The van der Waals surface area contributed by atoms with Gasteiger partial charge >= 0.3 is 5.92 Å². The van der Waals surface area contributed by atoms with Crippen molar-refractivity contribution in [3.63, 3.8) is 0 Å². The summed E-state index contributed by atoms with van der Waals surface area (Å²) in [6, 6.07) is 7.90. The lowest BCUT2D eigenvalue weighted by atomic mass is 9.85. The summed E-state index contributed by atoms with van der Waals surface area (Å²) in [5.41, 5.74) is 3.99. The minimum atomic E-state index is -3.64. The van der Waals surface area contributed by atoms with E-state index < -0.39 is 65.5 Å². The number of benzene rings is 2. The van der Waals surface area contributed by atoms with Crippen molar-refractivity contribution >= 4 is 64.0 Å². The molecule has 3 atom stereocenters. The molecule has 5 heterocycles. The second-order valence-electron chi connectivity index (χ2n) is 23.2. The topological polar surface area (TPSA) is 261 Å². The Labute approximate surface area is 509 Å². The SMILES string of the molecule is COc1cc(C(=O)NC2CCN(CCOCCOCCOCCOCCOCC(=O)N[C@H](C(=O)N3CC(O)CC3C(=O)NCc3ccc(-c4scnc4C)cc3)C(C)(C)C)CC2)c(F)cc1Nc1ncc2c(n1)N(C1CCCC1)CC(F)(F)C(=O)N2C. The summed E-state index contributed by atoms with van der Waals surface area (Å²) in [7, 11) is 2.63. The number of β-amino-alcohol motifs (C(OH)–C–C–N with tert-alkyl or cyclic N) is 1. The van der Waals surface area contributed by atoms with Crippen molar-refractivity contribution < 1.29 is 70.7 Å². The van der Waals surface area contributed by atoms with E-state index in [-0.39, 0.29) is 91.8 Å². The minimum absolute atomic E-state index is 0.0293. The average Bonchev–Trinajstić information content (AvgIpc) is 3.05. The Morgan fingerprint density at radius 1 is 0.885 bits per heavy atom. The third kappa shape index (κ3) is 18.0. The van der Waals surface area contributed by atoms with Crippen molar-refractivity contribution in [3.05, 3.63) is 70.7 Å². The molecule has 2 aromatic heterocycles. The molecule has 1 saturated carbocycles. The number of nitrogens with one attached hydrogen (secondary N) is 4. The monoisotopic (exact) mass is 1240 g/mol. The smallest absolute Gasteiger partial charge is 0.342 e. The maximum Gasteiger partial charge on any atom is 0.342 e. The fourth-order valence-electron chi connectivity index (χ4n) is 11.0. The fourth-order valence-corrected chi connectivity index (χ4v) is 11.8.